The van der Waals surface area contributed by atoms with Crippen LogP contribution in [0.15, 0.2) is 62.2 Å². The summed E-state index contributed by atoms with van der Waals surface area (Å²) in [5, 5.41) is 1.34. The number of rotatable bonds is 3. The molecule has 0 saturated heterocycles. The minimum Gasteiger partial charge on any atom is -0.497 e. The Hall–Kier alpha value is -3.01. The summed E-state index contributed by atoms with van der Waals surface area (Å²) in [5.41, 5.74) is 2.71. The smallest absolute Gasteiger partial charge is 0.347 e. The van der Waals surface area contributed by atoms with Crippen molar-refractivity contribution in [3.8, 4) is 5.75 Å². The Bertz CT molecular complexity index is 1080. The van der Waals surface area contributed by atoms with Gasteiger partial charge in [0.1, 0.15) is 22.5 Å². The maximum absolute atomic E-state index is 12.3. The molecule has 0 saturated carbocycles. The van der Waals surface area contributed by atoms with E-state index >= 15 is 0 Å². The highest BCUT2D eigenvalue weighted by atomic mass is 16.5. The SMILES string of the molecule is COc1ccc(Cc2oc3c(c2C)c(=O)oc2ccccc23)cc1. The second-order valence-electron chi connectivity index (χ2n) is 5.76. The van der Waals surface area contributed by atoms with Gasteiger partial charge in [0.25, 0.3) is 0 Å². The average Bonchev–Trinajstić information content (AvgIpc) is 2.93. The molecule has 2 aromatic heterocycles. The Morgan fingerprint density at radius 2 is 1.75 bits per heavy atom. The summed E-state index contributed by atoms with van der Waals surface area (Å²) in [6.07, 6.45) is 0.609. The molecule has 120 valence electrons. The van der Waals surface area contributed by atoms with Gasteiger partial charge in [-0.25, -0.2) is 4.79 Å². The van der Waals surface area contributed by atoms with Crippen molar-refractivity contribution in [1.82, 2.24) is 0 Å². The highest BCUT2D eigenvalue weighted by Gasteiger charge is 2.18. The van der Waals surface area contributed by atoms with Crippen LogP contribution in [0.3, 0.4) is 0 Å². The number of hydrogen-bond acceptors (Lipinski definition) is 4. The number of para-hydroxylation sites is 1. The summed E-state index contributed by atoms with van der Waals surface area (Å²) < 4.78 is 16.7. The molecular formula is C20H16O4. The molecule has 2 aromatic carbocycles. The van der Waals surface area contributed by atoms with Crippen LogP contribution >= 0.6 is 0 Å². The molecule has 0 radical (unpaired) electrons. The molecular weight excluding hydrogens is 304 g/mol. The summed E-state index contributed by atoms with van der Waals surface area (Å²) in [6.45, 7) is 1.90. The number of fused-ring (bicyclic) bond motifs is 3. The van der Waals surface area contributed by atoms with Crippen LogP contribution in [0.25, 0.3) is 21.9 Å². The maximum Gasteiger partial charge on any atom is 0.347 e. The second kappa shape index (κ2) is 5.57. The molecule has 24 heavy (non-hydrogen) atoms. The van der Waals surface area contributed by atoms with Crippen LogP contribution in [0.4, 0.5) is 0 Å². The molecule has 0 atom stereocenters. The molecule has 0 N–H and O–H groups in total. The van der Waals surface area contributed by atoms with Gasteiger partial charge in [0.15, 0.2) is 5.58 Å². The minimum atomic E-state index is -0.356. The molecule has 0 bridgehead atoms. The lowest BCUT2D eigenvalue weighted by molar-refractivity contribution is 0.414. The second-order valence-corrected chi connectivity index (χ2v) is 5.76. The third kappa shape index (κ3) is 2.27. The van der Waals surface area contributed by atoms with Gasteiger partial charge in [-0.05, 0) is 36.8 Å². The van der Waals surface area contributed by atoms with Crippen LogP contribution < -0.4 is 10.4 Å². The monoisotopic (exact) mass is 320 g/mol. The fraction of sp³-hybridized carbons (Fsp3) is 0.150. The number of hydrogen-bond donors (Lipinski definition) is 0. The lowest BCUT2D eigenvalue weighted by Crippen LogP contribution is -1.99. The van der Waals surface area contributed by atoms with Crippen molar-refractivity contribution in [2.45, 2.75) is 13.3 Å². The normalized spacial score (nSPS) is 11.2. The zero-order valence-electron chi connectivity index (χ0n) is 13.5. The van der Waals surface area contributed by atoms with E-state index in [4.69, 9.17) is 13.6 Å². The number of methoxy groups -OCH3 is 1. The van der Waals surface area contributed by atoms with Crippen LogP contribution in [0.2, 0.25) is 0 Å². The van der Waals surface area contributed by atoms with E-state index in [1.165, 1.54) is 0 Å². The Morgan fingerprint density at radius 1 is 1.00 bits per heavy atom. The highest BCUT2D eigenvalue weighted by Crippen LogP contribution is 2.30. The first-order chi connectivity index (χ1) is 11.7. The van der Waals surface area contributed by atoms with Crippen LogP contribution in [0.5, 0.6) is 5.75 Å². The topological polar surface area (TPSA) is 52.6 Å². The van der Waals surface area contributed by atoms with Gasteiger partial charge in [-0.3, -0.25) is 0 Å². The lowest BCUT2D eigenvalue weighted by Gasteiger charge is -2.02. The van der Waals surface area contributed by atoms with Gasteiger partial charge in [0, 0.05) is 12.0 Å². The molecule has 0 unspecified atom stereocenters. The summed E-state index contributed by atoms with van der Waals surface area (Å²) in [7, 11) is 1.64. The highest BCUT2D eigenvalue weighted by molar-refractivity contribution is 6.02. The first-order valence-corrected chi connectivity index (χ1v) is 7.74. The van der Waals surface area contributed by atoms with Crippen molar-refractivity contribution in [2.24, 2.45) is 0 Å². The summed E-state index contributed by atoms with van der Waals surface area (Å²) in [5.74, 6) is 1.59. The first kappa shape index (κ1) is 14.6. The minimum absolute atomic E-state index is 0.356. The van der Waals surface area contributed by atoms with Gasteiger partial charge in [0.2, 0.25) is 0 Å². The van der Waals surface area contributed by atoms with Crippen molar-refractivity contribution in [3.05, 3.63) is 75.8 Å². The molecule has 0 spiro atoms. The van der Waals surface area contributed by atoms with E-state index in [1.807, 2.05) is 49.4 Å². The summed E-state index contributed by atoms with van der Waals surface area (Å²) in [4.78, 5) is 12.3. The maximum atomic E-state index is 12.3. The van der Waals surface area contributed by atoms with Gasteiger partial charge in [-0.2, -0.15) is 0 Å². The van der Waals surface area contributed by atoms with Crippen molar-refractivity contribution >= 4 is 21.9 Å². The summed E-state index contributed by atoms with van der Waals surface area (Å²) >= 11 is 0. The van der Waals surface area contributed by atoms with Crippen LogP contribution in [0.1, 0.15) is 16.9 Å². The molecule has 0 amide bonds. The Balaban J connectivity index is 1.87. The number of benzene rings is 2. The molecule has 4 heteroatoms. The van der Waals surface area contributed by atoms with Crippen molar-refractivity contribution < 1.29 is 13.6 Å². The van der Waals surface area contributed by atoms with Gasteiger partial charge >= 0.3 is 5.63 Å². The average molecular weight is 320 g/mol. The van der Waals surface area contributed by atoms with E-state index in [2.05, 4.69) is 0 Å². The summed E-state index contributed by atoms with van der Waals surface area (Å²) in [6, 6.07) is 15.2. The lowest BCUT2D eigenvalue weighted by atomic mass is 10.1. The fourth-order valence-corrected chi connectivity index (χ4v) is 2.99. The molecule has 0 aliphatic heterocycles. The molecule has 0 aliphatic carbocycles. The number of ether oxygens (including phenoxy) is 1. The zero-order valence-corrected chi connectivity index (χ0v) is 13.5. The first-order valence-electron chi connectivity index (χ1n) is 7.74. The van der Waals surface area contributed by atoms with E-state index in [0.717, 1.165) is 28.0 Å². The quantitative estimate of drug-likeness (QED) is 0.523. The van der Waals surface area contributed by atoms with Crippen LogP contribution in [-0.4, -0.2) is 7.11 Å². The van der Waals surface area contributed by atoms with Gasteiger partial charge in [-0.1, -0.05) is 24.3 Å². The fourth-order valence-electron chi connectivity index (χ4n) is 2.99. The van der Waals surface area contributed by atoms with Gasteiger partial charge in [-0.15, -0.1) is 0 Å². The van der Waals surface area contributed by atoms with Crippen molar-refractivity contribution in [2.75, 3.05) is 7.11 Å². The Labute approximate surface area is 138 Å². The van der Waals surface area contributed by atoms with E-state index in [9.17, 15) is 4.79 Å². The molecule has 4 nitrogen and oxygen atoms in total. The van der Waals surface area contributed by atoms with Crippen LogP contribution in [-0.2, 0) is 6.42 Å². The van der Waals surface area contributed by atoms with Gasteiger partial charge in [0.05, 0.1) is 12.5 Å². The molecule has 0 fully saturated rings. The van der Waals surface area contributed by atoms with Crippen LogP contribution in [0, 0.1) is 6.92 Å². The predicted octanol–water partition coefficient (Wildman–Crippen LogP) is 4.45. The predicted molar refractivity (Wildman–Crippen MR) is 92.8 cm³/mol. The van der Waals surface area contributed by atoms with E-state index in [1.54, 1.807) is 13.2 Å². The molecule has 2 heterocycles. The third-order valence-corrected chi connectivity index (χ3v) is 4.31. The van der Waals surface area contributed by atoms with Crippen molar-refractivity contribution in [1.29, 1.82) is 0 Å². The molecule has 4 aromatic rings. The van der Waals surface area contributed by atoms with E-state index < -0.39 is 0 Å². The third-order valence-electron chi connectivity index (χ3n) is 4.31. The zero-order chi connectivity index (χ0) is 16.7. The number of furan rings is 1. The molecule has 4 rings (SSSR count). The van der Waals surface area contributed by atoms with Gasteiger partial charge < -0.3 is 13.6 Å². The Kier molecular flexibility index (Phi) is 3.38. The van der Waals surface area contributed by atoms with E-state index in [-0.39, 0.29) is 5.63 Å². The van der Waals surface area contributed by atoms with Crippen molar-refractivity contribution in [3.63, 3.8) is 0 Å². The largest absolute Gasteiger partial charge is 0.497 e. The molecule has 0 aliphatic rings. The standard InChI is InChI=1S/C20H16O4/c1-12-17(11-13-7-9-14(22-2)10-8-13)23-19-15-5-3-4-6-16(15)24-20(21)18(12)19/h3-10H,11H2,1-2H3. The van der Waals surface area contributed by atoms with E-state index in [0.29, 0.717) is 23.0 Å². The Morgan fingerprint density at radius 3 is 2.50 bits per heavy atom. The number of aryl methyl sites for hydroxylation is 1.